The highest BCUT2D eigenvalue weighted by Crippen LogP contribution is 2.19. The molecule has 1 aromatic heterocycles. The van der Waals surface area contributed by atoms with Gasteiger partial charge in [-0.15, -0.1) is 0 Å². The van der Waals surface area contributed by atoms with E-state index >= 15 is 0 Å². The summed E-state index contributed by atoms with van der Waals surface area (Å²) < 4.78 is 5.26. The van der Waals surface area contributed by atoms with Crippen molar-refractivity contribution in [3.8, 4) is 6.07 Å². The summed E-state index contributed by atoms with van der Waals surface area (Å²) in [6.07, 6.45) is 0. The number of nitrogens with zero attached hydrogens (tertiary/aromatic N) is 1. The molecule has 2 rings (SSSR count). The first-order valence-electron chi connectivity index (χ1n) is 5.74. The molecule has 0 bridgehead atoms. The molecule has 5 heteroatoms. The van der Waals surface area contributed by atoms with E-state index in [2.05, 4.69) is 5.32 Å². The second-order valence-corrected chi connectivity index (χ2v) is 4.07. The van der Waals surface area contributed by atoms with Crippen molar-refractivity contribution < 1.29 is 9.21 Å². The Hall–Kier alpha value is -2.74. The van der Waals surface area contributed by atoms with Crippen molar-refractivity contribution in [3.63, 3.8) is 0 Å². The Bertz CT molecular complexity index is 653. The number of amides is 1. The Morgan fingerprint density at radius 3 is 2.84 bits per heavy atom. The fourth-order valence-electron chi connectivity index (χ4n) is 1.81. The van der Waals surface area contributed by atoms with Gasteiger partial charge in [0, 0.05) is 11.3 Å². The average Bonchev–Trinajstić information content (AvgIpc) is 2.85. The van der Waals surface area contributed by atoms with Crippen molar-refractivity contribution >= 4 is 11.6 Å². The number of nitrogens with two attached hydrogens (primary N) is 1. The summed E-state index contributed by atoms with van der Waals surface area (Å²) in [6.45, 7) is 2.26. The molecule has 0 saturated heterocycles. The molecule has 0 aliphatic heterocycles. The molecule has 0 unspecified atom stereocenters. The standard InChI is InChI=1S/C14H13N3O2/c1-9-12(14(16)18)3-2-4-13(9)17-8-11-6-5-10(7-15)19-11/h2-6,17H,8H2,1H3,(H2,16,18). The third-order valence-electron chi connectivity index (χ3n) is 2.82. The number of carbonyl (C=O) groups is 1. The van der Waals surface area contributed by atoms with Crippen LogP contribution < -0.4 is 11.1 Å². The van der Waals surface area contributed by atoms with E-state index in [-0.39, 0.29) is 5.76 Å². The average molecular weight is 255 g/mol. The first kappa shape index (κ1) is 12.7. The summed E-state index contributed by atoms with van der Waals surface area (Å²) in [7, 11) is 0. The van der Waals surface area contributed by atoms with Gasteiger partial charge in [0.05, 0.1) is 6.54 Å². The second-order valence-electron chi connectivity index (χ2n) is 4.07. The smallest absolute Gasteiger partial charge is 0.249 e. The lowest BCUT2D eigenvalue weighted by atomic mass is 10.1. The number of carbonyl (C=O) groups excluding carboxylic acids is 1. The van der Waals surface area contributed by atoms with Gasteiger partial charge >= 0.3 is 0 Å². The monoisotopic (exact) mass is 255 g/mol. The highest BCUT2D eigenvalue weighted by atomic mass is 16.3. The molecule has 0 saturated carbocycles. The predicted molar refractivity (Wildman–Crippen MR) is 70.4 cm³/mol. The van der Waals surface area contributed by atoms with Gasteiger partial charge in [0.25, 0.3) is 0 Å². The number of hydrogen-bond acceptors (Lipinski definition) is 4. The minimum absolute atomic E-state index is 0.277. The zero-order valence-electron chi connectivity index (χ0n) is 10.4. The van der Waals surface area contributed by atoms with Crippen LogP contribution in [0.25, 0.3) is 0 Å². The number of nitriles is 1. The lowest BCUT2D eigenvalue weighted by Crippen LogP contribution is -2.13. The number of anilines is 1. The van der Waals surface area contributed by atoms with Crippen LogP contribution in [-0.2, 0) is 6.54 Å². The predicted octanol–water partition coefficient (Wildman–Crippen LogP) is 2.17. The summed E-state index contributed by atoms with van der Waals surface area (Å²) in [5.74, 6) is 0.478. The van der Waals surface area contributed by atoms with Crippen molar-refractivity contribution in [3.05, 3.63) is 53.0 Å². The second kappa shape index (κ2) is 5.27. The van der Waals surface area contributed by atoms with Gasteiger partial charge in [0.2, 0.25) is 11.7 Å². The first-order chi connectivity index (χ1) is 9.11. The highest BCUT2D eigenvalue weighted by Gasteiger charge is 2.08. The van der Waals surface area contributed by atoms with Crippen LogP contribution in [-0.4, -0.2) is 5.91 Å². The molecule has 96 valence electrons. The number of furan rings is 1. The third kappa shape index (κ3) is 2.75. The van der Waals surface area contributed by atoms with E-state index < -0.39 is 5.91 Å². The maximum Gasteiger partial charge on any atom is 0.249 e. The van der Waals surface area contributed by atoms with Crippen LogP contribution in [0.3, 0.4) is 0 Å². The van der Waals surface area contributed by atoms with E-state index in [4.69, 9.17) is 15.4 Å². The Morgan fingerprint density at radius 2 is 2.21 bits per heavy atom. The number of primary amides is 1. The highest BCUT2D eigenvalue weighted by molar-refractivity contribution is 5.95. The van der Waals surface area contributed by atoms with Crippen molar-refractivity contribution in [1.82, 2.24) is 0 Å². The van der Waals surface area contributed by atoms with E-state index in [1.165, 1.54) is 0 Å². The molecule has 0 radical (unpaired) electrons. The molecule has 1 heterocycles. The topological polar surface area (TPSA) is 92.1 Å². The molecule has 5 nitrogen and oxygen atoms in total. The van der Waals surface area contributed by atoms with E-state index in [0.29, 0.717) is 17.9 Å². The lowest BCUT2D eigenvalue weighted by molar-refractivity contribution is 0.1000. The van der Waals surface area contributed by atoms with Crippen molar-refractivity contribution in [2.75, 3.05) is 5.32 Å². The normalized spacial score (nSPS) is 9.89. The Balaban J connectivity index is 2.14. The summed E-state index contributed by atoms with van der Waals surface area (Å²) in [5.41, 5.74) is 7.38. The molecular formula is C14H13N3O2. The van der Waals surface area contributed by atoms with E-state index in [9.17, 15) is 4.79 Å². The van der Waals surface area contributed by atoms with E-state index in [1.807, 2.05) is 19.1 Å². The SMILES string of the molecule is Cc1c(NCc2ccc(C#N)o2)cccc1C(N)=O. The molecule has 0 aliphatic rings. The zero-order valence-corrected chi connectivity index (χ0v) is 10.4. The summed E-state index contributed by atoms with van der Waals surface area (Å²) in [4.78, 5) is 11.2. The van der Waals surface area contributed by atoms with Crippen LogP contribution in [0, 0.1) is 18.3 Å². The van der Waals surface area contributed by atoms with Gasteiger partial charge in [0.1, 0.15) is 11.8 Å². The van der Waals surface area contributed by atoms with Gasteiger partial charge in [-0.25, -0.2) is 0 Å². The van der Waals surface area contributed by atoms with Gasteiger partial charge in [-0.3, -0.25) is 4.79 Å². The van der Waals surface area contributed by atoms with Gasteiger partial charge in [-0.2, -0.15) is 5.26 Å². The van der Waals surface area contributed by atoms with Crippen LogP contribution in [0.5, 0.6) is 0 Å². The van der Waals surface area contributed by atoms with E-state index in [1.54, 1.807) is 24.3 Å². The molecule has 0 aliphatic carbocycles. The number of nitrogens with one attached hydrogen (secondary N) is 1. The molecule has 0 fully saturated rings. The minimum Gasteiger partial charge on any atom is -0.449 e. The molecule has 19 heavy (non-hydrogen) atoms. The maximum atomic E-state index is 11.2. The maximum absolute atomic E-state index is 11.2. The lowest BCUT2D eigenvalue weighted by Gasteiger charge is -2.10. The molecule has 2 aromatic rings. The summed E-state index contributed by atoms with van der Waals surface area (Å²) >= 11 is 0. The molecule has 0 spiro atoms. The third-order valence-corrected chi connectivity index (χ3v) is 2.82. The van der Waals surface area contributed by atoms with Crippen LogP contribution >= 0.6 is 0 Å². The Kier molecular flexibility index (Phi) is 3.53. The number of rotatable bonds is 4. The minimum atomic E-state index is -0.453. The van der Waals surface area contributed by atoms with Crippen LogP contribution in [0.15, 0.2) is 34.7 Å². The number of benzene rings is 1. The Labute approximate surface area is 110 Å². The van der Waals surface area contributed by atoms with Gasteiger partial charge in [0.15, 0.2) is 0 Å². The van der Waals surface area contributed by atoms with Gasteiger partial charge in [-0.05, 0) is 36.8 Å². The Morgan fingerprint density at radius 1 is 1.42 bits per heavy atom. The van der Waals surface area contributed by atoms with Gasteiger partial charge in [-0.1, -0.05) is 6.07 Å². The molecule has 1 amide bonds. The molecule has 0 atom stereocenters. The summed E-state index contributed by atoms with van der Waals surface area (Å²) in [5, 5.41) is 11.8. The van der Waals surface area contributed by atoms with Crippen molar-refractivity contribution in [2.45, 2.75) is 13.5 Å². The van der Waals surface area contributed by atoms with Crippen molar-refractivity contribution in [2.24, 2.45) is 5.73 Å². The largest absolute Gasteiger partial charge is 0.449 e. The van der Waals surface area contributed by atoms with Crippen LogP contribution in [0.1, 0.15) is 27.4 Å². The van der Waals surface area contributed by atoms with Crippen molar-refractivity contribution in [1.29, 1.82) is 5.26 Å². The van der Waals surface area contributed by atoms with Crippen LogP contribution in [0.4, 0.5) is 5.69 Å². The first-order valence-corrected chi connectivity index (χ1v) is 5.74. The zero-order chi connectivity index (χ0) is 13.8. The molecule has 3 N–H and O–H groups in total. The van der Waals surface area contributed by atoms with Crippen LogP contribution in [0.2, 0.25) is 0 Å². The fourth-order valence-corrected chi connectivity index (χ4v) is 1.81. The quantitative estimate of drug-likeness (QED) is 0.875. The molecular weight excluding hydrogens is 242 g/mol. The summed E-state index contributed by atoms with van der Waals surface area (Å²) in [6, 6.07) is 10.6. The van der Waals surface area contributed by atoms with E-state index in [0.717, 1.165) is 11.3 Å². The number of hydrogen-bond donors (Lipinski definition) is 2. The fraction of sp³-hybridized carbons (Fsp3) is 0.143. The molecule has 1 aromatic carbocycles. The van der Waals surface area contributed by atoms with Gasteiger partial charge < -0.3 is 15.5 Å².